The number of nitrogens with zero attached hydrogens (tertiary/aromatic N) is 2. The van der Waals surface area contributed by atoms with Gasteiger partial charge in [0.1, 0.15) is 0 Å². The van der Waals surface area contributed by atoms with Crippen LogP contribution in [0.4, 0.5) is 11.4 Å². The lowest BCUT2D eigenvalue weighted by Gasteiger charge is -2.26. The molecule has 1 fully saturated rings. The van der Waals surface area contributed by atoms with Crippen molar-refractivity contribution in [1.29, 1.82) is 0 Å². The second kappa shape index (κ2) is 9.69. The van der Waals surface area contributed by atoms with Gasteiger partial charge in [0.05, 0.1) is 24.7 Å². The molecule has 0 aliphatic carbocycles. The lowest BCUT2D eigenvalue weighted by molar-refractivity contribution is -0.116. The van der Waals surface area contributed by atoms with Crippen LogP contribution in [0.3, 0.4) is 0 Å². The first kappa shape index (κ1) is 21.0. The van der Waals surface area contributed by atoms with Gasteiger partial charge in [0.2, 0.25) is 15.9 Å². The molecule has 2 aromatic rings. The number of hydrogen-bond acceptors (Lipinski definition) is 5. The molecule has 3 rings (SSSR count). The summed E-state index contributed by atoms with van der Waals surface area (Å²) in [7, 11) is -3.59. The summed E-state index contributed by atoms with van der Waals surface area (Å²) in [6.45, 7) is 5.60. The number of amides is 1. The van der Waals surface area contributed by atoms with Crippen molar-refractivity contribution in [3.05, 3.63) is 67.3 Å². The maximum atomic E-state index is 12.8. The van der Waals surface area contributed by atoms with Crippen molar-refractivity contribution in [3.8, 4) is 0 Å². The van der Waals surface area contributed by atoms with E-state index in [9.17, 15) is 13.2 Å². The fraction of sp³-hybridized carbons (Fsp3) is 0.286. The number of anilines is 2. The van der Waals surface area contributed by atoms with Crippen LogP contribution >= 0.6 is 0 Å². The Morgan fingerprint density at radius 2 is 1.86 bits per heavy atom. The van der Waals surface area contributed by atoms with Crippen LogP contribution in [0, 0.1) is 0 Å². The molecule has 2 aromatic carbocycles. The van der Waals surface area contributed by atoms with Gasteiger partial charge in [-0.2, -0.15) is 4.31 Å². The molecule has 29 heavy (non-hydrogen) atoms. The van der Waals surface area contributed by atoms with Crippen molar-refractivity contribution >= 4 is 27.3 Å². The largest absolute Gasteiger partial charge is 0.379 e. The van der Waals surface area contributed by atoms with Crippen LogP contribution in [0.1, 0.15) is 0 Å². The molecule has 0 saturated carbocycles. The molecule has 8 heteroatoms. The number of rotatable bonds is 8. The molecule has 1 amide bonds. The van der Waals surface area contributed by atoms with E-state index in [0.717, 1.165) is 5.69 Å². The van der Waals surface area contributed by atoms with Crippen molar-refractivity contribution in [3.63, 3.8) is 0 Å². The summed E-state index contributed by atoms with van der Waals surface area (Å²) in [5, 5.41) is 3.04. The van der Waals surface area contributed by atoms with Gasteiger partial charge in [0, 0.05) is 31.0 Å². The van der Waals surface area contributed by atoms with E-state index in [4.69, 9.17) is 4.74 Å². The number of hydrogen-bond donors (Lipinski definition) is 1. The number of sulfonamides is 1. The van der Waals surface area contributed by atoms with E-state index in [2.05, 4.69) is 11.9 Å². The first-order chi connectivity index (χ1) is 14.0. The van der Waals surface area contributed by atoms with E-state index < -0.39 is 10.0 Å². The van der Waals surface area contributed by atoms with Gasteiger partial charge in [-0.25, -0.2) is 8.42 Å². The zero-order valence-corrected chi connectivity index (χ0v) is 17.0. The number of ether oxygens (including phenoxy) is 1. The van der Waals surface area contributed by atoms with Gasteiger partial charge in [0.15, 0.2) is 0 Å². The molecule has 0 bridgehead atoms. The van der Waals surface area contributed by atoms with Crippen molar-refractivity contribution < 1.29 is 17.9 Å². The molecule has 154 valence electrons. The highest BCUT2D eigenvalue weighted by molar-refractivity contribution is 7.89. The van der Waals surface area contributed by atoms with Crippen molar-refractivity contribution in [1.82, 2.24) is 4.31 Å². The summed E-state index contributed by atoms with van der Waals surface area (Å²) >= 11 is 0. The molecule has 1 aliphatic rings. The first-order valence-electron chi connectivity index (χ1n) is 9.40. The molecule has 1 N–H and O–H groups in total. The van der Waals surface area contributed by atoms with E-state index in [-0.39, 0.29) is 17.3 Å². The minimum absolute atomic E-state index is 0.0315. The third-order valence-corrected chi connectivity index (χ3v) is 6.46. The quantitative estimate of drug-likeness (QED) is 0.670. The van der Waals surface area contributed by atoms with Crippen LogP contribution in [-0.2, 0) is 19.6 Å². The van der Waals surface area contributed by atoms with Crippen LogP contribution < -0.4 is 10.2 Å². The lowest BCUT2D eigenvalue weighted by Crippen LogP contribution is -2.40. The average molecular weight is 416 g/mol. The normalized spacial score (nSPS) is 14.9. The summed E-state index contributed by atoms with van der Waals surface area (Å²) in [4.78, 5) is 14.5. The second-order valence-corrected chi connectivity index (χ2v) is 8.46. The Balaban J connectivity index is 1.70. The minimum Gasteiger partial charge on any atom is -0.379 e. The molecule has 1 aliphatic heterocycles. The van der Waals surface area contributed by atoms with Crippen LogP contribution in [0.5, 0.6) is 0 Å². The third-order valence-electron chi connectivity index (χ3n) is 4.57. The highest BCUT2D eigenvalue weighted by Gasteiger charge is 2.26. The van der Waals surface area contributed by atoms with Gasteiger partial charge in [-0.05, 0) is 30.3 Å². The van der Waals surface area contributed by atoms with E-state index in [1.165, 1.54) is 4.31 Å². The zero-order chi connectivity index (χ0) is 20.7. The standard InChI is InChI=1S/C21H25N3O4S/c1-2-11-24(19-8-4-3-5-9-19)21(25)17-22-18-7-6-10-20(16-18)29(26,27)23-12-14-28-15-13-23/h2-10,16,22H,1,11-15,17H2. The third kappa shape index (κ3) is 5.23. The van der Waals surface area contributed by atoms with E-state index >= 15 is 0 Å². The molecule has 0 spiro atoms. The topological polar surface area (TPSA) is 79.0 Å². The second-order valence-electron chi connectivity index (χ2n) is 6.53. The summed E-state index contributed by atoms with van der Waals surface area (Å²) in [6.07, 6.45) is 1.67. The van der Waals surface area contributed by atoms with E-state index in [0.29, 0.717) is 38.5 Å². The maximum Gasteiger partial charge on any atom is 0.246 e. The first-order valence-corrected chi connectivity index (χ1v) is 10.8. The number of morpholine rings is 1. The maximum absolute atomic E-state index is 12.8. The highest BCUT2D eigenvalue weighted by Crippen LogP contribution is 2.21. The van der Waals surface area contributed by atoms with E-state index in [1.54, 1.807) is 35.2 Å². The Hall–Kier alpha value is -2.68. The number of carbonyl (C=O) groups is 1. The fourth-order valence-electron chi connectivity index (χ4n) is 3.06. The monoisotopic (exact) mass is 415 g/mol. The summed E-state index contributed by atoms with van der Waals surface area (Å²) in [6, 6.07) is 15.9. The molecule has 0 atom stereocenters. The Labute approximate surface area is 171 Å². The van der Waals surface area contributed by atoms with Crippen molar-refractivity contribution in [2.75, 3.05) is 49.6 Å². The predicted molar refractivity (Wildman–Crippen MR) is 114 cm³/mol. The number of para-hydroxylation sites is 1. The highest BCUT2D eigenvalue weighted by atomic mass is 32.2. The van der Waals surface area contributed by atoms with Crippen LogP contribution in [0.2, 0.25) is 0 Å². The molecular formula is C21H25N3O4S. The summed E-state index contributed by atoms with van der Waals surface area (Å²) in [5.74, 6) is -0.141. The SMILES string of the molecule is C=CCN(C(=O)CNc1cccc(S(=O)(=O)N2CCOCC2)c1)c1ccccc1. The van der Waals surface area contributed by atoms with Gasteiger partial charge >= 0.3 is 0 Å². The van der Waals surface area contributed by atoms with Gasteiger partial charge < -0.3 is 15.0 Å². The molecule has 7 nitrogen and oxygen atoms in total. The van der Waals surface area contributed by atoms with Crippen LogP contribution in [0.25, 0.3) is 0 Å². The minimum atomic E-state index is -3.59. The van der Waals surface area contributed by atoms with Crippen molar-refractivity contribution in [2.45, 2.75) is 4.90 Å². The average Bonchev–Trinajstić information content (AvgIpc) is 2.77. The van der Waals surface area contributed by atoms with Gasteiger partial charge in [0.25, 0.3) is 0 Å². The smallest absolute Gasteiger partial charge is 0.246 e. The molecule has 0 unspecified atom stereocenters. The number of nitrogens with one attached hydrogen (secondary N) is 1. The molecule has 1 heterocycles. The van der Waals surface area contributed by atoms with Gasteiger partial charge in [-0.3, -0.25) is 4.79 Å². The summed E-state index contributed by atoms with van der Waals surface area (Å²) in [5.41, 5.74) is 1.35. The van der Waals surface area contributed by atoms with E-state index in [1.807, 2.05) is 30.3 Å². The molecule has 1 saturated heterocycles. The summed E-state index contributed by atoms with van der Waals surface area (Å²) < 4.78 is 32.3. The lowest BCUT2D eigenvalue weighted by atomic mass is 10.2. The zero-order valence-electron chi connectivity index (χ0n) is 16.2. The number of carbonyl (C=O) groups excluding carboxylic acids is 1. The number of benzene rings is 2. The van der Waals surface area contributed by atoms with Crippen LogP contribution in [-0.4, -0.2) is 58.0 Å². The Bertz CT molecular complexity index is 941. The van der Waals surface area contributed by atoms with Gasteiger partial charge in [-0.15, -0.1) is 6.58 Å². The van der Waals surface area contributed by atoms with Crippen LogP contribution in [0.15, 0.2) is 72.1 Å². The Kier molecular flexibility index (Phi) is 7.03. The Morgan fingerprint density at radius 1 is 1.14 bits per heavy atom. The van der Waals surface area contributed by atoms with Crippen molar-refractivity contribution in [2.24, 2.45) is 0 Å². The molecule has 0 radical (unpaired) electrons. The van der Waals surface area contributed by atoms with Gasteiger partial charge in [-0.1, -0.05) is 30.3 Å². The Morgan fingerprint density at radius 3 is 2.55 bits per heavy atom. The molecular weight excluding hydrogens is 390 g/mol. The fourth-order valence-corrected chi connectivity index (χ4v) is 4.52. The molecule has 0 aromatic heterocycles. The predicted octanol–water partition coefficient (Wildman–Crippen LogP) is 2.34.